The van der Waals surface area contributed by atoms with E-state index in [9.17, 15) is 27.6 Å². The molecule has 37 heavy (non-hydrogen) atoms. The van der Waals surface area contributed by atoms with Crippen molar-refractivity contribution in [2.75, 3.05) is 25.2 Å². The number of imide groups is 1. The highest BCUT2D eigenvalue weighted by atomic mass is 32.2. The zero-order valence-corrected chi connectivity index (χ0v) is 22.1. The van der Waals surface area contributed by atoms with Crippen LogP contribution in [0.25, 0.3) is 0 Å². The quantitative estimate of drug-likeness (QED) is 0.507. The van der Waals surface area contributed by atoms with E-state index in [0.717, 1.165) is 11.3 Å². The van der Waals surface area contributed by atoms with Crippen molar-refractivity contribution in [3.63, 3.8) is 0 Å². The molecule has 3 heterocycles. The van der Waals surface area contributed by atoms with Crippen LogP contribution in [-0.2, 0) is 32.5 Å². The first-order chi connectivity index (χ1) is 17.3. The molecule has 14 heteroatoms. The molecule has 4 rings (SSSR count). The number of amides is 5. The van der Waals surface area contributed by atoms with Crippen molar-refractivity contribution < 1.29 is 32.3 Å². The molecule has 5 amide bonds. The Labute approximate surface area is 217 Å². The minimum absolute atomic E-state index is 0.0139. The highest BCUT2D eigenvalue weighted by molar-refractivity contribution is 7.89. The van der Waals surface area contributed by atoms with Gasteiger partial charge >= 0.3 is 6.03 Å². The first-order valence-electron chi connectivity index (χ1n) is 11.3. The number of carbonyl (C=O) groups is 4. The maximum Gasteiger partial charge on any atom is 0.319 e. The number of nitrogens with two attached hydrogens (primary N) is 1. The number of thiophene rings is 1. The van der Waals surface area contributed by atoms with Gasteiger partial charge in [-0.2, -0.15) is 4.31 Å². The second-order valence-corrected chi connectivity index (χ2v) is 12.3. The van der Waals surface area contributed by atoms with E-state index >= 15 is 0 Å². The Kier molecular flexibility index (Phi) is 7.12. The van der Waals surface area contributed by atoms with Crippen molar-refractivity contribution in [2.45, 2.75) is 44.2 Å². The molecule has 0 unspecified atom stereocenters. The van der Waals surface area contributed by atoms with Crippen molar-refractivity contribution in [2.24, 2.45) is 5.73 Å². The van der Waals surface area contributed by atoms with Crippen molar-refractivity contribution in [3.8, 4) is 0 Å². The van der Waals surface area contributed by atoms with Crippen molar-refractivity contribution >= 4 is 50.1 Å². The van der Waals surface area contributed by atoms with Crippen LogP contribution in [-0.4, -0.2) is 66.8 Å². The number of primary amides is 1. The van der Waals surface area contributed by atoms with Crippen LogP contribution >= 0.6 is 11.3 Å². The van der Waals surface area contributed by atoms with Gasteiger partial charge in [0.2, 0.25) is 15.9 Å². The number of hydrogen-bond donors (Lipinski definition) is 3. The van der Waals surface area contributed by atoms with Gasteiger partial charge in [0, 0.05) is 23.9 Å². The third-order valence-electron chi connectivity index (χ3n) is 6.24. The van der Waals surface area contributed by atoms with E-state index in [1.807, 2.05) is 5.32 Å². The molecule has 2 aliphatic rings. The lowest BCUT2D eigenvalue weighted by Crippen LogP contribution is -2.44. The van der Waals surface area contributed by atoms with Crippen LogP contribution in [0.2, 0.25) is 0 Å². The number of nitrogens with one attached hydrogen (secondary N) is 2. The van der Waals surface area contributed by atoms with Crippen LogP contribution in [0.4, 0.5) is 9.80 Å². The van der Waals surface area contributed by atoms with Crippen LogP contribution < -0.4 is 16.4 Å². The van der Waals surface area contributed by atoms with Gasteiger partial charge in [-0.1, -0.05) is 0 Å². The average molecular weight is 550 g/mol. The summed E-state index contributed by atoms with van der Waals surface area (Å²) in [5, 5.41) is 4.93. The molecule has 1 saturated heterocycles. The maximum absolute atomic E-state index is 13.1. The number of urea groups is 1. The molecule has 2 aromatic rings. The van der Waals surface area contributed by atoms with E-state index in [0.29, 0.717) is 23.4 Å². The number of sulfonamides is 1. The fourth-order valence-corrected chi connectivity index (χ4v) is 7.18. The lowest BCUT2D eigenvalue weighted by molar-refractivity contribution is -0.129. The van der Waals surface area contributed by atoms with Crippen LogP contribution in [0.3, 0.4) is 0 Å². The molecule has 1 aromatic heterocycles. The zero-order chi connectivity index (χ0) is 27.1. The molecule has 0 saturated carbocycles. The summed E-state index contributed by atoms with van der Waals surface area (Å²) in [5.74, 6) is -1.45. The van der Waals surface area contributed by atoms with Gasteiger partial charge in [-0.15, -0.1) is 11.3 Å². The highest BCUT2D eigenvalue weighted by Gasteiger charge is 2.42. The van der Waals surface area contributed by atoms with Gasteiger partial charge in [-0.25, -0.2) is 13.2 Å². The molecule has 1 aromatic carbocycles. The summed E-state index contributed by atoms with van der Waals surface area (Å²) in [6.45, 7) is 5.85. The largest absolute Gasteiger partial charge is 0.363 e. The molecule has 12 nitrogen and oxygen atoms in total. The summed E-state index contributed by atoms with van der Waals surface area (Å²) in [5.41, 5.74) is 5.33. The Bertz CT molecular complexity index is 1380. The van der Waals surface area contributed by atoms with Gasteiger partial charge in [0.05, 0.1) is 29.1 Å². The Morgan fingerprint density at radius 2 is 1.78 bits per heavy atom. The zero-order valence-electron chi connectivity index (χ0n) is 20.5. The van der Waals surface area contributed by atoms with E-state index in [1.54, 1.807) is 18.7 Å². The lowest BCUT2D eigenvalue weighted by atomic mass is 10.0. The molecule has 198 valence electrons. The summed E-state index contributed by atoms with van der Waals surface area (Å²) in [6, 6.07) is 4.39. The van der Waals surface area contributed by atoms with E-state index in [1.165, 1.54) is 35.5 Å². The summed E-state index contributed by atoms with van der Waals surface area (Å²) in [7, 11) is -3.84. The first-order valence-corrected chi connectivity index (χ1v) is 13.6. The molecular formula is C23H27N5O7S2. The minimum atomic E-state index is -3.84. The SMILES string of the molecule is CC(=O)N1CCc2c(sc(NC(=O)c3ccc(S(=O)(=O)N4COCC4(C)C)cc3)c2C(=O)NC(N)=O)C1. The number of ether oxygens (including phenoxy) is 1. The fourth-order valence-electron chi connectivity index (χ4n) is 4.28. The number of nitrogens with zero attached hydrogens (tertiary/aromatic N) is 2. The van der Waals surface area contributed by atoms with Gasteiger partial charge in [0.1, 0.15) is 11.7 Å². The third kappa shape index (κ3) is 5.23. The average Bonchev–Trinajstić information content (AvgIpc) is 3.37. The summed E-state index contributed by atoms with van der Waals surface area (Å²) in [6.07, 6.45) is 0.367. The number of carbonyl (C=O) groups excluding carboxylic acids is 4. The predicted molar refractivity (Wildman–Crippen MR) is 134 cm³/mol. The van der Waals surface area contributed by atoms with Gasteiger partial charge < -0.3 is 20.7 Å². The van der Waals surface area contributed by atoms with E-state index < -0.39 is 33.4 Å². The van der Waals surface area contributed by atoms with Crippen molar-refractivity contribution in [3.05, 3.63) is 45.8 Å². The van der Waals surface area contributed by atoms with E-state index in [-0.39, 0.29) is 46.8 Å². The standard InChI is InChI=1S/C23H27N5O7S2/c1-13(29)27-9-8-16-17(10-27)36-21(18(16)20(31)26-22(24)32)25-19(30)14-4-6-15(7-5-14)37(33,34)28-12-35-11-23(28,2)3/h4-7H,8-12H2,1-3H3,(H,25,30)(H3,24,26,31,32). The Morgan fingerprint density at radius 1 is 1.11 bits per heavy atom. The number of fused-ring (bicyclic) bond motifs is 1. The third-order valence-corrected chi connectivity index (χ3v) is 9.42. The minimum Gasteiger partial charge on any atom is -0.363 e. The molecular weight excluding hydrogens is 522 g/mol. The van der Waals surface area contributed by atoms with Gasteiger partial charge in [0.15, 0.2) is 0 Å². The normalized spacial score (nSPS) is 17.2. The number of benzene rings is 1. The number of hydrogen-bond acceptors (Lipinski definition) is 8. The van der Waals surface area contributed by atoms with E-state index in [2.05, 4.69) is 5.32 Å². The second kappa shape index (κ2) is 9.85. The molecule has 0 radical (unpaired) electrons. The van der Waals surface area contributed by atoms with Crippen molar-refractivity contribution in [1.82, 2.24) is 14.5 Å². The molecule has 0 atom stereocenters. The predicted octanol–water partition coefficient (Wildman–Crippen LogP) is 1.47. The summed E-state index contributed by atoms with van der Waals surface area (Å²) >= 11 is 1.13. The topological polar surface area (TPSA) is 168 Å². The van der Waals surface area contributed by atoms with Crippen LogP contribution in [0.1, 0.15) is 51.9 Å². The number of rotatable bonds is 5. The van der Waals surface area contributed by atoms with Crippen molar-refractivity contribution in [1.29, 1.82) is 0 Å². The summed E-state index contributed by atoms with van der Waals surface area (Å²) in [4.78, 5) is 51.3. The molecule has 2 aliphatic heterocycles. The van der Waals surface area contributed by atoms with Crippen LogP contribution in [0, 0.1) is 0 Å². The first kappa shape index (κ1) is 26.7. The fraction of sp³-hybridized carbons (Fsp3) is 0.391. The number of anilines is 1. The summed E-state index contributed by atoms with van der Waals surface area (Å²) < 4.78 is 32.7. The second-order valence-electron chi connectivity index (χ2n) is 9.34. The van der Waals surface area contributed by atoms with E-state index in [4.69, 9.17) is 10.5 Å². The molecule has 0 spiro atoms. The molecule has 0 bridgehead atoms. The van der Waals surface area contributed by atoms with Crippen LogP contribution in [0.15, 0.2) is 29.2 Å². The smallest absolute Gasteiger partial charge is 0.319 e. The van der Waals surface area contributed by atoms with Gasteiger partial charge in [-0.3, -0.25) is 19.7 Å². The lowest BCUT2D eigenvalue weighted by Gasteiger charge is -2.28. The maximum atomic E-state index is 13.1. The molecule has 4 N–H and O–H groups in total. The highest BCUT2D eigenvalue weighted by Crippen LogP contribution is 2.37. The Hall–Kier alpha value is -3.33. The monoisotopic (exact) mass is 549 g/mol. The molecule has 0 aliphatic carbocycles. The van der Waals surface area contributed by atoms with Gasteiger partial charge in [0.25, 0.3) is 11.8 Å². The Morgan fingerprint density at radius 3 is 2.35 bits per heavy atom. The van der Waals surface area contributed by atoms with Crippen LogP contribution in [0.5, 0.6) is 0 Å². The Balaban J connectivity index is 1.60. The molecule has 1 fully saturated rings. The van der Waals surface area contributed by atoms with Gasteiger partial charge in [-0.05, 0) is 50.1 Å².